The number of aryl methyl sites for hydroxylation is 1. The van der Waals surface area contributed by atoms with E-state index in [9.17, 15) is 0 Å². The summed E-state index contributed by atoms with van der Waals surface area (Å²) in [6, 6.07) is 5.92. The van der Waals surface area contributed by atoms with Gasteiger partial charge >= 0.3 is 0 Å². The predicted molar refractivity (Wildman–Crippen MR) is 77.5 cm³/mol. The minimum Gasteiger partial charge on any atom is -0.440 e. The fraction of sp³-hybridized carbons (Fsp3) is 0.500. The first-order valence-corrected chi connectivity index (χ1v) is 7.28. The first-order chi connectivity index (χ1) is 8.74. The van der Waals surface area contributed by atoms with Gasteiger partial charge in [0.2, 0.25) is 0 Å². The van der Waals surface area contributed by atoms with Crippen molar-refractivity contribution < 1.29 is 4.42 Å². The van der Waals surface area contributed by atoms with Gasteiger partial charge < -0.3 is 10.2 Å². The van der Waals surface area contributed by atoms with Crippen molar-refractivity contribution in [3.63, 3.8) is 0 Å². The van der Waals surface area contributed by atoms with Gasteiger partial charge in [-0.1, -0.05) is 19.4 Å². The maximum atomic E-state index is 5.78. The van der Waals surface area contributed by atoms with E-state index in [0.717, 1.165) is 47.3 Å². The van der Waals surface area contributed by atoms with Crippen molar-refractivity contribution in [1.29, 1.82) is 0 Å². The molecule has 0 saturated carbocycles. The SMILES string of the molecule is CCC(CCN)CCc1nc2cccc(Br)c2o1. The summed E-state index contributed by atoms with van der Waals surface area (Å²) in [6.07, 6.45) is 4.24. The molecule has 0 radical (unpaired) electrons. The van der Waals surface area contributed by atoms with Crippen LogP contribution in [0.25, 0.3) is 11.1 Å². The first-order valence-electron chi connectivity index (χ1n) is 6.48. The Morgan fingerprint density at radius 2 is 2.22 bits per heavy atom. The zero-order valence-electron chi connectivity index (χ0n) is 10.7. The van der Waals surface area contributed by atoms with Crippen LogP contribution in [0.3, 0.4) is 0 Å². The molecule has 1 unspecified atom stereocenters. The monoisotopic (exact) mass is 310 g/mol. The molecule has 4 heteroatoms. The second-order valence-corrected chi connectivity index (χ2v) is 5.44. The maximum Gasteiger partial charge on any atom is 0.195 e. The van der Waals surface area contributed by atoms with E-state index in [1.165, 1.54) is 6.42 Å². The molecule has 3 nitrogen and oxygen atoms in total. The fourth-order valence-corrected chi connectivity index (χ4v) is 2.62. The molecule has 98 valence electrons. The molecule has 1 aromatic carbocycles. The Morgan fingerprint density at radius 1 is 1.39 bits per heavy atom. The molecule has 0 spiro atoms. The first kappa shape index (κ1) is 13.6. The van der Waals surface area contributed by atoms with Gasteiger partial charge in [0.25, 0.3) is 0 Å². The van der Waals surface area contributed by atoms with E-state index >= 15 is 0 Å². The molecule has 0 aliphatic heterocycles. The van der Waals surface area contributed by atoms with Crippen LogP contribution in [0, 0.1) is 5.92 Å². The van der Waals surface area contributed by atoms with Gasteiger partial charge in [-0.15, -0.1) is 0 Å². The molecule has 1 atom stereocenters. The zero-order valence-corrected chi connectivity index (χ0v) is 12.2. The third kappa shape index (κ3) is 3.12. The topological polar surface area (TPSA) is 52.0 Å². The van der Waals surface area contributed by atoms with Gasteiger partial charge in [0.05, 0.1) is 4.47 Å². The number of nitrogens with two attached hydrogens (primary N) is 1. The molecule has 1 heterocycles. The molecule has 0 aliphatic carbocycles. The maximum absolute atomic E-state index is 5.78. The fourth-order valence-electron chi connectivity index (χ4n) is 2.18. The average Bonchev–Trinajstić information content (AvgIpc) is 2.79. The number of nitrogens with zero attached hydrogens (tertiary/aromatic N) is 1. The highest BCUT2D eigenvalue weighted by Gasteiger charge is 2.11. The van der Waals surface area contributed by atoms with E-state index in [1.807, 2.05) is 18.2 Å². The molecule has 0 saturated heterocycles. The van der Waals surface area contributed by atoms with Crippen molar-refractivity contribution in [3.8, 4) is 0 Å². The van der Waals surface area contributed by atoms with Gasteiger partial charge in [-0.2, -0.15) is 0 Å². The summed E-state index contributed by atoms with van der Waals surface area (Å²) in [5.41, 5.74) is 7.38. The molecular weight excluding hydrogens is 292 g/mol. The van der Waals surface area contributed by atoms with Crippen molar-refractivity contribution in [2.24, 2.45) is 11.7 Å². The molecule has 18 heavy (non-hydrogen) atoms. The summed E-state index contributed by atoms with van der Waals surface area (Å²) in [5.74, 6) is 1.50. The Kier molecular flexibility index (Phi) is 4.78. The lowest BCUT2D eigenvalue weighted by molar-refractivity contribution is 0.414. The number of rotatable bonds is 6. The van der Waals surface area contributed by atoms with Crippen LogP contribution in [0.1, 0.15) is 32.1 Å². The Balaban J connectivity index is 2.06. The van der Waals surface area contributed by atoms with Crippen molar-refractivity contribution in [3.05, 3.63) is 28.6 Å². The number of benzene rings is 1. The zero-order chi connectivity index (χ0) is 13.0. The Hall–Kier alpha value is -0.870. The Morgan fingerprint density at radius 3 is 2.89 bits per heavy atom. The van der Waals surface area contributed by atoms with E-state index in [2.05, 4.69) is 27.8 Å². The van der Waals surface area contributed by atoms with E-state index < -0.39 is 0 Å². The lowest BCUT2D eigenvalue weighted by Crippen LogP contribution is -2.09. The van der Waals surface area contributed by atoms with E-state index in [-0.39, 0.29) is 0 Å². The molecule has 0 amide bonds. The third-order valence-electron chi connectivity index (χ3n) is 3.33. The minimum absolute atomic E-state index is 0.674. The summed E-state index contributed by atoms with van der Waals surface area (Å²) in [7, 11) is 0. The summed E-state index contributed by atoms with van der Waals surface area (Å²) in [5, 5.41) is 0. The van der Waals surface area contributed by atoms with Crippen LogP contribution in [-0.4, -0.2) is 11.5 Å². The normalized spacial score (nSPS) is 13.1. The smallest absolute Gasteiger partial charge is 0.195 e. The van der Waals surface area contributed by atoms with Crippen LogP contribution in [0.4, 0.5) is 0 Å². The predicted octanol–water partition coefficient (Wildman–Crippen LogP) is 3.90. The quantitative estimate of drug-likeness (QED) is 0.880. The summed E-state index contributed by atoms with van der Waals surface area (Å²) in [6.45, 7) is 2.97. The molecule has 2 N–H and O–H groups in total. The summed E-state index contributed by atoms with van der Waals surface area (Å²) < 4.78 is 6.75. The average molecular weight is 311 g/mol. The van der Waals surface area contributed by atoms with Crippen molar-refractivity contribution in [2.45, 2.75) is 32.6 Å². The highest BCUT2D eigenvalue weighted by atomic mass is 79.9. The van der Waals surface area contributed by atoms with Gasteiger partial charge in [0, 0.05) is 6.42 Å². The second kappa shape index (κ2) is 6.34. The van der Waals surface area contributed by atoms with Crippen molar-refractivity contribution >= 4 is 27.0 Å². The van der Waals surface area contributed by atoms with Crippen LogP contribution < -0.4 is 5.73 Å². The Bertz CT molecular complexity index is 509. The molecule has 1 aromatic heterocycles. The molecular formula is C14H19BrN2O. The van der Waals surface area contributed by atoms with Crippen LogP contribution in [0.2, 0.25) is 0 Å². The van der Waals surface area contributed by atoms with Gasteiger partial charge in [0.1, 0.15) is 5.52 Å². The molecule has 0 bridgehead atoms. The summed E-state index contributed by atoms with van der Waals surface area (Å²) in [4.78, 5) is 4.51. The molecule has 2 aromatic rings. The van der Waals surface area contributed by atoms with E-state index in [1.54, 1.807) is 0 Å². The number of halogens is 1. The number of fused-ring (bicyclic) bond motifs is 1. The number of hydrogen-bond acceptors (Lipinski definition) is 3. The van der Waals surface area contributed by atoms with Gasteiger partial charge in [0.15, 0.2) is 11.5 Å². The largest absolute Gasteiger partial charge is 0.440 e. The second-order valence-electron chi connectivity index (χ2n) is 4.59. The number of aromatic nitrogens is 1. The Labute approximate surface area is 116 Å². The van der Waals surface area contributed by atoms with Crippen LogP contribution in [0.5, 0.6) is 0 Å². The van der Waals surface area contributed by atoms with Gasteiger partial charge in [-0.05, 0) is 53.4 Å². The van der Waals surface area contributed by atoms with Crippen LogP contribution in [0.15, 0.2) is 27.1 Å². The lowest BCUT2D eigenvalue weighted by atomic mass is 9.97. The standard InChI is InChI=1S/C14H19BrN2O/c1-2-10(8-9-16)6-7-13-17-12-5-3-4-11(15)14(12)18-13/h3-5,10H,2,6-9,16H2,1H3. The van der Waals surface area contributed by atoms with Crippen LogP contribution in [-0.2, 0) is 6.42 Å². The molecule has 0 fully saturated rings. The highest BCUT2D eigenvalue weighted by molar-refractivity contribution is 9.10. The number of para-hydroxylation sites is 1. The summed E-state index contributed by atoms with van der Waals surface area (Å²) >= 11 is 3.48. The highest BCUT2D eigenvalue weighted by Crippen LogP contribution is 2.25. The van der Waals surface area contributed by atoms with E-state index in [0.29, 0.717) is 5.92 Å². The minimum atomic E-state index is 0.674. The number of hydrogen-bond donors (Lipinski definition) is 1. The van der Waals surface area contributed by atoms with Crippen molar-refractivity contribution in [2.75, 3.05) is 6.54 Å². The molecule has 0 aliphatic rings. The van der Waals surface area contributed by atoms with Crippen LogP contribution >= 0.6 is 15.9 Å². The number of oxazole rings is 1. The third-order valence-corrected chi connectivity index (χ3v) is 3.95. The van der Waals surface area contributed by atoms with Gasteiger partial charge in [-0.25, -0.2) is 4.98 Å². The van der Waals surface area contributed by atoms with Gasteiger partial charge in [-0.3, -0.25) is 0 Å². The molecule has 2 rings (SSSR count). The van der Waals surface area contributed by atoms with Crippen molar-refractivity contribution in [1.82, 2.24) is 4.98 Å². The lowest BCUT2D eigenvalue weighted by Gasteiger charge is -2.11. The van der Waals surface area contributed by atoms with E-state index in [4.69, 9.17) is 10.2 Å².